The van der Waals surface area contributed by atoms with Gasteiger partial charge in [-0.2, -0.15) is 0 Å². The van der Waals surface area contributed by atoms with Crippen molar-refractivity contribution < 1.29 is 19.8 Å². The smallest absolute Gasteiger partial charge is 0.337 e. The summed E-state index contributed by atoms with van der Waals surface area (Å²) in [7, 11) is 0. The maximum absolute atomic E-state index is 11.0. The van der Waals surface area contributed by atoms with Gasteiger partial charge >= 0.3 is 11.9 Å². The number of aliphatic carboxylic acids is 1. The second-order valence-corrected chi connectivity index (χ2v) is 4.05. The van der Waals surface area contributed by atoms with Gasteiger partial charge in [0.15, 0.2) is 0 Å². The van der Waals surface area contributed by atoms with Crippen molar-refractivity contribution in [2.75, 3.05) is 5.32 Å². The van der Waals surface area contributed by atoms with Crippen molar-refractivity contribution >= 4 is 17.6 Å². The molecule has 0 aliphatic heterocycles. The van der Waals surface area contributed by atoms with Gasteiger partial charge in [0.25, 0.3) is 0 Å². The van der Waals surface area contributed by atoms with E-state index in [-0.39, 0.29) is 11.5 Å². The molecule has 0 aliphatic rings. The Kier molecular flexibility index (Phi) is 4.09. The summed E-state index contributed by atoms with van der Waals surface area (Å²) in [6, 6.07) is 5.44. The van der Waals surface area contributed by atoms with Crippen LogP contribution >= 0.6 is 0 Å². The highest BCUT2D eigenvalue weighted by atomic mass is 16.4. The standard InChI is InChI=1S/C12H15NO4/c1-7(2)10(12(16)17)13-9-6-4-3-5-8(9)11(14)15/h3-7,10,13H,1-2H3,(H,14,15)(H,16,17). The zero-order chi connectivity index (χ0) is 13.0. The van der Waals surface area contributed by atoms with E-state index in [0.717, 1.165) is 0 Å². The monoisotopic (exact) mass is 237 g/mol. The van der Waals surface area contributed by atoms with Gasteiger partial charge in [-0.1, -0.05) is 26.0 Å². The van der Waals surface area contributed by atoms with Gasteiger partial charge in [0.1, 0.15) is 6.04 Å². The number of carbonyl (C=O) groups is 2. The Morgan fingerprint density at radius 1 is 1.18 bits per heavy atom. The maximum atomic E-state index is 11.0. The molecule has 5 heteroatoms. The fourth-order valence-corrected chi connectivity index (χ4v) is 1.48. The Balaban J connectivity index is 3.01. The minimum atomic E-state index is -1.08. The summed E-state index contributed by atoms with van der Waals surface area (Å²) in [5, 5.41) is 20.7. The first-order valence-electron chi connectivity index (χ1n) is 5.25. The number of aromatic carboxylic acids is 1. The Labute approximate surface area is 99.1 Å². The molecule has 0 aromatic heterocycles. The normalized spacial score (nSPS) is 12.2. The molecule has 0 aliphatic carbocycles. The van der Waals surface area contributed by atoms with E-state index in [1.807, 2.05) is 0 Å². The number of benzene rings is 1. The average Bonchev–Trinajstić information content (AvgIpc) is 2.25. The largest absolute Gasteiger partial charge is 0.480 e. The molecule has 0 saturated heterocycles. The third kappa shape index (κ3) is 3.21. The zero-order valence-electron chi connectivity index (χ0n) is 9.68. The van der Waals surface area contributed by atoms with Crippen LogP contribution in [0.1, 0.15) is 24.2 Å². The molecule has 3 N–H and O–H groups in total. The molecule has 0 fully saturated rings. The Morgan fingerprint density at radius 2 is 1.76 bits per heavy atom. The second kappa shape index (κ2) is 5.34. The molecule has 0 amide bonds. The molecule has 1 aromatic carbocycles. The van der Waals surface area contributed by atoms with Gasteiger partial charge in [0.2, 0.25) is 0 Å². The van der Waals surface area contributed by atoms with Crippen LogP contribution in [0.3, 0.4) is 0 Å². The number of carboxylic acids is 2. The summed E-state index contributed by atoms with van der Waals surface area (Å²) < 4.78 is 0. The van der Waals surface area contributed by atoms with Crippen LogP contribution < -0.4 is 5.32 Å². The van der Waals surface area contributed by atoms with Crippen molar-refractivity contribution in [2.24, 2.45) is 5.92 Å². The first-order valence-corrected chi connectivity index (χ1v) is 5.25. The summed E-state index contributed by atoms with van der Waals surface area (Å²) in [6.07, 6.45) is 0. The highest BCUT2D eigenvalue weighted by Crippen LogP contribution is 2.18. The number of rotatable bonds is 5. The molecule has 0 spiro atoms. The van der Waals surface area contributed by atoms with E-state index in [1.54, 1.807) is 32.0 Å². The van der Waals surface area contributed by atoms with Crippen molar-refractivity contribution in [1.29, 1.82) is 0 Å². The number of hydrogen-bond donors (Lipinski definition) is 3. The number of carboxylic acid groups (broad SMARTS) is 2. The summed E-state index contributed by atoms with van der Waals surface area (Å²) in [5.41, 5.74) is 0.389. The molecule has 17 heavy (non-hydrogen) atoms. The molecule has 0 heterocycles. The minimum Gasteiger partial charge on any atom is -0.480 e. The molecule has 0 bridgehead atoms. The van der Waals surface area contributed by atoms with E-state index in [4.69, 9.17) is 10.2 Å². The number of hydrogen-bond acceptors (Lipinski definition) is 3. The molecule has 1 unspecified atom stereocenters. The summed E-state index contributed by atoms with van der Waals surface area (Å²) in [6.45, 7) is 3.52. The van der Waals surface area contributed by atoms with Gasteiger partial charge in [-0.3, -0.25) is 0 Å². The van der Waals surface area contributed by atoms with Gasteiger partial charge in [-0.05, 0) is 18.1 Å². The van der Waals surface area contributed by atoms with Gasteiger partial charge in [-0.15, -0.1) is 0 Å². The van der Waals surface area contributed by atoms with E-state index in [9.17, 15) is 9.59 Å². The van der Waals surface area contributed by atoms with Crippen LogP contribution in [0.25, 0.3) is 0 Å². The summed E-state index contributed by atoms with van der Waals surface area (Å²) >= 11 is 0. The zero-order valence-corrected chi connectivity index (χ0v) is 9.68. The summed E-state index contributed by atoms with van der Waals surface area (Å²) in [5.74, 6) is -2.23. The number of para-hydroxylation sites is 1. The number of nitrogens with one attached hydrogen (secondary N) is 1. The highest BCUT2D eigenvalue weighted by molar-refractivity contribution is 5.95. The molecular weight excluding hydrogens is 222 g/mol. The van der Waals surface area contributed by atoms with Crippen LogP contribution in [0.5, 0.6) is 0 Å². The second-order valence-electron chi connectivity index (χ2n) is 4.05. The molecule has 0 saturated carbocycles. The van der Waals surface area contributed by atoms with Gasteiger partial charge in [0, 0.05) is 5.69 Å². The molecule has 92 valence electrons. The maximum Gasteiger partial charge on any atom is 0.337 e. The predicted molar refractivity (Wildman–Crippen MR) is 63.3 cm³/mol. The SMILES string of the molecule is CC(C)C(Nc1ccccc1C(=O)O)C(=O)O. The van der Waals surface area contributed by atoms with Crippen LogP contribution in [-0.2, 0) is 4.79 Å². The third-order valence-electron chi connectivity index (χ3n) is 2.40. The van der Waals surface area contributed by atoms with Crippen molar-refractivity contribution in [1.82, 2.24) is 0 Å². The first kappa shape index (κ1) is 13.0. The van der Waals surface area contributed by atoms with Gasteiger partial charge < -0.3 is 15.5 Å². The lowest BCUT2D eigenvalue weighted by atomic mass is 10.0. The highest BCUT2D eigenvalue weighted by Gasteiger charge is 2.22. The van der Waals surface area contributed by atoms with Crippen LogP contribution in [0, 0.1) is 5.92 Å². The van der Waals surface area contributed by atoms with E-state index in [2.05, 4.69) is 5.32 Å². The molecule has 0 radical (unpaired) electrons. The molecule has 1 rings (SSSR count). The van der Waals surface area contributed by atoms with Gasteiger partial charge in [0.05, 0.1) is 5.56 Å². The van der Waals surface area contributed by atoms with E-state index >= 15 is 0 Å². The molecule has 1 aromatic rings. The first-order chi connectivity index (χ1) is 7.93. The van der Waals surface area contributed by atoms with Crippen LogP contribution in [0.4, 0.5) is 5.69 Å². The van der Waals surface area contributed by atoms with Crippen molar-refractivity contribution in [3.8, 4) is 0 Å². The van der Waals surface area contributed by atoms with Gasteiger partial charge in [-0.25, -0.2) is 9.59 Å². The fraction of sp³-hybridized carbons (Fsp3) is 0.333. The van der Waals surface area contributed by atoms with Crippen molar-refractivity contribution in [3.63, 3.8) is 0 Å². The van der Waals surface area contributed by atoms with E-state index in [1.165, 1.54) is 6.07 Å². The fourth-order valence-electron chi connectivity index (χ4n) is 1.48. The lowest BCUT2D eigenvalue weighted by molar-refractivity contribution is -0.138. The lowest BCUT2D eigenvalue weighted by Gasteiger charge is -2.20. The van der Waals surface area contributed by atoms with E-state index in [0.29, 0.717) is 5.69 Å². The van der Waals surface area contributed by atoms with Crippen molar-refractivity contribution in [2.45, 2.75) is 19.9 Å². The molecule has 1 atom stereocenters. The molecular formula is C12H15NO4. The third-order valence-corrected chi connectivity index (χ3v) is 2.40. The van der Waals surface area contributed by atoms with Crippen LogP contribution in [0.15, 0.2) is 24.3 Å². The Bertz CT molecular complexity index is 428. The van der Waals surface area contributed by atoms with Crippen LogP contribution in [-0.4, -0.2) is 28.2 Å². The minimum absolute atomic E-state index is 0.0689. The Hall–Kier alpha value is -2.04. The quantitative estimate of drug-likeness (QED) is 0.728. The topological polar surface area (TPSA) is 86.6 Å². The average molecular weight is 237 g/mol. The lowest BCUT2D eigenvalue weighted by Crippen LogP contribution is -2.34. The van der Waals surface area contributed by atoms with E-state index < -0.39 is 18.0 Å². The number of anilines is 1. The predicted octanol–water partition coefficient (Wildman–Crippen LogP) is 1.91. The molecule has 5 nitrogen and oxygen atoms in total. The summed E-state index contributed by atoms with van der Waals surface area (Å²) in [4.78, 5) is 22.0. The van der Waals surface area contributed by atoms with Crippen LogP contribution in [0.2, 0.25) is 0 Å². The van der Waals surface area contributed by atoms with Crippen molar-refractivity contribution in [3.05, 3.63) is 29.8 Å². The Morgan fingerprint density at radius 3 is 2.24 bits per heavy atom.